The average Bonchev–Trinajstić information content (AvgIpc) is 2.41. The topological polar surface area (TPSA) is 0 Å². The molecule has 2 saturated carbocycles. The Kier molecular flexibility index (Phi) is 2.06. The van der Waals surface area contributed by atoms with Crippen LogP contribution in [0.25, 0.3) is 0 Å². The summed E-state index contributed by atoms with van der Waals surface area (Å²) < 4.78 is 1.56. The Bertz CT molecular complexity index is 233. The van der Waals surface area contributed by atoms with Crippen LogP contribution < -0.4 is 0 Å². The van der Waals surface area contributed by atoms with E-state index in [1.54, 1.807) is 9.15 Å². The molecule has 12 heavy (non-hydrogen) atoms. The van der Waals surface area contributed by atoms with E-state index in [-0.39, 0.29) is 0 Å². The largest absolute Gasteiger partial charge is 0.0558 e. The molecule has 0 aromatic heterocycles. The van der Waals surface area contributed by atoms with E-state index in [0.29, 0.717) is 5.41 Å². The van der Waals surface area contributed by atoms with Crippen molar-refractivity contribution in [3.8, 4) is 0 Å². The molecule has 0 aromatic rings. The Morgan fingerprint density at radius 1 is 1.42 bits per heavy atom. The highest BCUT2D eigenvalue weighted by atomic mass is 127. The van der Waals surface area contributed by atoms with Crippen LogP contribution in [-0.2, 0) is 0 Å². The molecule has 0 N–H and O–H groups in total. The van der Waals surface area contributed by atoms with Gasteiger partial charge in [-0.15, -0.1) is 0 Å². The van der Waals surface area contributed by atoms with Crippen LogP contribution in [0.4, 0.5) is 0 Å². The van der Waals surface area contributed by atoms with Gasteiger partial charge in [0.2, 0.25) is 0 Å². The van der Waals surface area contributed by atoms with Crippen LogP contribution in [0.3, 0.4) is 0 Å². The quantitative estimate of drug-likeness (QED) is 0.583. The van der Waals surface area contributed by atoms with Crippen molar-refractivity contribution >= 4 is 22.6 Å². The van der Waals surface area contributed by atoms with Crippen molar-refractivity contribution in [2.24, 2.45) is 17.3 Å². The van der Waals surface area contributed by atoms with Crippen LogP contribution in [0.15, 0.2) is 9.15 Å². The summed E-state index contributed by atoms with van der Waals surface area (Å²) in [5, 5.41) is 0. The van der Waals surface area contributed by atoms with E-state index < -0.39 is 0 Å². The summed E-state index contributed by atoms with van der Waals surface area (Å²) in [4.78, 5) is 0. The van der Waals surface area contributed by atoms with Crippen molar-refractivity contribution < 1.29 is 0 Å². The summed E-state index contributed by atoms with van der Waals surface area (Å²) in [6.07, 6.45) is 4.41. The Balaban J connectivity index is 2.42. The lowest BCUT2D eigenvalue weighted by atomic mass is 9.73. The van der Waals surface area contributed by atoms with Gasteiger partial charge in [0.25, 0.3) is 0 Å². The van der Waals surface area contributed by atoms with Gasteiger partial charge in [-0.05, 0) is 69.6 Å². The second kappa shape index (κ2) is 2.73. The predicted octanol–water partition coefficient (Wildman–Crippen LogP) is 4.15. The van der Waals surface area contributed by atoms with E-state index in [2.05, 4.69) is 43.4 Å². The molecule has 2 atom stereocenters. The fraction of sp³-hybridized carbons (Fsp3) is 0.818. The summed E-state index contributed by atoms with van der Waals surface area (Å²) in [5.74, 6) is 1.93. The van der Waals surface area contributed by atoms with Gasteiger partial charge in [0.1, 0.15) is 0 Å². The summed E-state index contributed by atoms with van der Waals surface area (Å²) >= 11 is 2.51. The SMILES string of the molecule is CC(I)=C1C2CCC(C2)C1(C)C. The van der Waals surface area contributed by atoms with Gasteiger partial charge in [-0.3, -0.25) is 0 Å². The molecule has 0 nitrogen and oxygen atoms in total. The highest BCUT2D eigenvalue weighted by Crippen LogP contribution is 2.60. The molecule has 0 aromatic carbocycles. The van der Waals surface area contributed by atoms with Crippen LogP contribution in [0.1, 0.15) is 40.0 Å². The lowest BCUT2D eigenvalue weighted by molar-refractivity contribution is 0.287. The first-order valence-corrected chi connectivity index (χ1v) is 5.98. The average molecular weight is 276 g/mol. The number of allylic oxidation sites excluding steroid dienone is 2. The molecule has 2 fully saturated rings. The first kappa shape index (κ1) is 9.04. The summed E-state index contributed by atoms with van der Waals surface area (Å²) in [6, 6.07) is 0. The van der Waals surface area contributed by atoms with Crippen molar-refractivity contribution in [2.45, 2.75) is 40.0 Å². The number of halogens is 1. The first-order valence-electron chi connectivity index (χ1n) is 4.90. The summed E-state index contributed by atoms with van der Waals surface area (Å²) in [5.41, 5.74) is 2.30. The minimum Gasteiger partial charge on any atom is -0.0558 e. The molecule has 0 amide bonds. The summed E-state index contributed by atoms with van der Waals surface area (Å²) in [6.45, 7) is 7.15. The van der Waals surface area contributed by atoms with Crippen molar-refractivity contribution in [1.29, 1.82) is 0 Å². The molecule has 2 aliphatic carbocycles. The number of fused-ring (bicyclic) bond motifs is 2. The van der Waals surface area contributed by atoms with Gasteiger partial charge in [-0.1, -0.05) is 19.4 Å². The maximum Gasteiger partial charge on any atom is -0.0103 e. The molecule has 0 saturated heterocycles. The standard InChI is InChI=1S/C11H17I/c1-7(12)10-8-4-5-9(6-8)11(10,2)3/h8-9H,4-6H2,1-3H3. The molecule has 2 rings (SSSR count). The number of rotatable bonds is 0. The van der Waals surface area contributed by atoms with Gasteiger partial charge in [-0.25, -0.2) is 0 Å². The van der Waals surface area contributed by atoms with Gasteiger partial charge in [-0.2, -0.15) is 0 Å². The fourth-order valence-electron chi connectivity index (χ4n) is 3.37. The third-order valence-corrected chi connectivity index (χ3v) is 4.51. The van der Waals surface area contributed by atoms with Crippen molar-refractivity contribution in [3.05, 3.63) is 9.15 Å². The van der Waals surface area contributed by atoms with Gasteiger partial charge in [0, 0.05) is 0 Å². The van der Waals surface area contributed by atoms with E-state index in [1.807, 2.05) is 0 Å². The minimum atomic E-state index is 0.522. The normalized spacial score (nSPS) is 42.0. The highest BCUT2D eigenvalue weighted by Gasteiger charge is 2.49. The van der Waals surface area contributed by atoms with E-state index in [9.17, 15) is 0 Å². The smallest absolute Gasteiger partial charge is 0.0103 e. The fourth-order valence-corrected chi connectivity index (χ4v) is 4.51. The van der Waals surface area contributed by atoms with Crippen LogP contribution >= 0.6 is 22.6 Å². The molecule has 0 heterocycles. The molecule has 2 aliphatic rings. The zero-order chi connectivity index (χ0) is 8.93. The van der Waals surface area contributed by atoms with E-state index in [0.717, 1.165) is 11.8 Å². The lowest BCUT2D eigenvalue weighted by Crippen LogP contribution is -2.23. The van der Waals surface area contributed by atoms with Crippen LogP contribution in [0, 0.1) is 17.3 Å². The van der Waals surface area contributed by atoms with Gasteiger partial charge >= 0.3 is 0 Å². The maximum absolute atomic E-state index is 2.51. The molecular formula is C11H17I. The second-order valence-corrected chi connectivity index (χ2v) is 6.49. The molecule has 2 unspecified atom stereocenters. The molecule has 0 aliphatic heterocycles. The maximum atomic E-state index is 2.51. The van der Waals surface area contributed by atoms with Gasteiger partial charge < -0.3 is 0 Å². The molecular weight excluding hydrogens is 259 g/mol. The van der Waals surface area contributed by atoms with Gasteiger partial charge in [0.15, 0.2) is 0 Å². The molecule has 2 bridgehead atoms. The highest BCUT2D eigenvalue weighted by molar-refractivity contribution is 14.1. The zero-order valence-electron chi connectivity index (χ0n) is 8.15. The monoisotopic (exact) mass is 276 g/mol. The second-order valence-electron chi connectivity index (χ2n) is 4.88. The van der Waals surface area contributed by atoms with Crippen LogP contribution in [-0.4, -0.2) is 0 Å². The molecule has 1 heteroatoms. The number of hydrogen-bond acceptors (Lipinski definition) is 0. The van der Waals surface area contributed by atoms with Crippen LogP contribution in [0.5, 0.6) is 0 Å². The van der Waals surface area contributed by atoms with E-state index >= 15 is 0 Å². The Morgan fingerprint density at radius 2 is 2.08 bits per heavy atom. The molecule has 0 radical (unpaired) electrons. The van der Waals surface area contributed by atoms with Gasteiger partial charge in [0.05, 0.1) is 0 Å². The van der Waals surface area contributed by atoms with E-state index in [1.165, 1.54) is 19.3 Å². The molecule has 0 spiro atoms. The third kappa shape index (κ3) is 1.08. The van der Waals surface area contributed by atoms with Crippen molar-refractivity contribution in [1.82, 2.24) is 0 Å². The third-order valence-electron chi connectivity index (χ3n) is 3.93. The predicted molar refractivity (Wildman–Crippen MR) is 61.3 cm³/mol. The van der Waals surface area contributed by atoms with Crippen LogP contribution in [0.2, 0.25) is 0 Å². The first-order chi connectivity index (χ1) is 5.53. The number of hydrogen-bond donors (Lipinski definition) is 0. The summed E-state index contributed by atoms with van der Waals surface area (Å²) in [7, 11) is 0. The van der Waals surface area contributed by atoms with Crippen molar-refractivity contribution in [2.75, 3.05) is 0 Å². The molecule has 68 valence electrons. The minimum absolute atomic E-state index is 0.522. The Morgan fingerprint density at radius 3 is 2.42 bits per heavy atom. The lowest BCUT2D eigenvalue weighted by Gasteiger charge is -2.33. The Hall–Kier alpha value is 0.470. The zero-order valence-corrected chi connectivity index (χ0v) is 10.3. The van der Waals surface area contributed by atoms with E-state index in [4.69, 9.17) is 0 Å². The van der Waals surface area contributed by atoms with Crippen molar-refractivity contribution in [3.63, 3.8) is 0 Å². The Labute approximate surface area is 88.9 Å².